The summed E-state index contributed by atoms with van der Waals surface area (Å²) < 4.78 is 39.6. The maximum atomic E-state index is 13.7. The number of fused-ring (bicyclic) bond motifs is 1. The summed E-state index contributed by atoms with van der Waals surface area (Å²) in [6.07, 6.45) is 6.13. The van der Waals surface area contributed by atoms with E-state index in [0.29, 0.717) is 42.0 Å². The zero-order valence-electron chi connectivity index (χ0n) is 24.4. The van der Waals surface area contributed by atoms with Crippen LogP contribution in [0.2, 0.25) is 0 Å². The van der Waals surface area contributed by atoms with Gasteiger partial charge in [-0.2, -0.15) is 13.9 Å². The quantitative estimate of drug-likeness (QED) is 0.261. The molecule has 2 aliphatic heterocycles. The number of rotatable bonds is 9. The highest BCUT2D eigenvalue weighted by Crippen LogP contribution is 2.40. The van der Waals surface area contributed by atoms with E-state index in [2.05, 4.69) is 42.1 Å². The van der Waals surface area contributed by atoms with Crippen molar-refractivity contribution in [3.63, 3.8) is 0 Å². The van der Waals surface area contributed by atoms with Crippen LogP contribution in [0.1, 0.15) is 12.8 Å². The van der Waals surface area contributed by atoms with Crippen molar-refractivity contribution in [2.45, 2.75) is 25.5 Å². The Morgan fingerprint density at radius 2 is 1.89 bits per heavy atom. The fourth-order valence-corrected chi connectivity index (χ4v) is 5.86. The predicted molar refractivity (Wildman–Crippen MR) is 165 cm³/mol. The molecule has 0 unspecified atom stereocenters. The summed E-state index contributed by atoms with van der Waals surface area (Å²) in [5, 5.41) is 11.2. The number of halogens is 2. The number of nitrogens with one attached hydrogen (secondary N) is 2. The Hall–Kier alpha value is -4.62. The van der Waals surface area contributed by atoms with Crippen molar-refractivity contribution in [3.05, 3.63) is 61.6 Å². The van der Waals surface area contributed by atoms with Gasteiger partial charge in [-0.15, -0.1) is 0 Å². The van der Waals surface area contributed by atoms with E-state index >= 15 is 0 Å². The molecule has 0 saturated carbocycles. The molecule has 0 aliphatic carbocycles. The van der Waals surface area contributed by atoms with Gasteiger partial charge in [0.2, 0.25) is 5.91 Å². The number of alkyl halides is 2. The first-order valence-corrected chi connectivity index (χ1v) is 14.5. The van der Waals surface area contributed by atoms with Crippen LogP contribution in [-0.2, 0) is 16.6 Å². The number of amides is 1. The second kappa shape index (κ2) is 12.9. The van der Waals surface area contributed by atoms with Gasteiger partial charge in [-0.1, -0.05) is 12.6 Å². The number of ether oxygens (including phenoxy) is 2. The van der Waals surface area contributed by atoms with Crippen molar-refractivity contribution in [1.29, 1.82) is 0 Å². The predicted octanol–water partition coefficient (Wildman–Crippen LogP) is 4.80. The highest BCUT2D eigenvalue weighted by atomic mass is 19.3. The second-order valence-corrected chi connectivity index (χ2v) is 10.8. The van der Waals surface area contributed by atoms with Gasteiger partial charge >= 0.3 is 6.61 Å². The fraction of sp³-hybridized carbons (Fsp3) is 0.355. The van der Waals surface area contributed by atoms with Gasteiger partial charge in [0, 0.05) is 62.4 Å². The summed E-state index contributed by atoms with van der Waals surface area (Å²) in [5.41, 5.74) is 3.70. The van der Waals surface area contributed by atoms with Crippen LogP contribution in [0.15, 0.2) is 61.6 Å². The smallest absolute Gasteiger partial charge is 0.387 e. The summed E-state index contributed by atoms with van der Waals surface area (Å²) >= 11 is 0. The molecule has 1 amide bonds. The number of anilines is 4. The van der Waals surface area contributed by atoms with Crippen molar-refractivity contribution in [1.82, 2.24) is 24.6 Å². The maximum Gasteiger partial charge on any atom is 0.387 e. The van der Waals surface area contributed by atoms with Crippen molar-refractivity contribution < 1.29 is 23.0 Å². The molecule has 0 spiro atoms. The van der Waals surface area contributed by atoms with Gasteiger partial charge in [0.05, 0.1) is 47.7 Å². The van der Waals surface area contributed by atoms with E-state index in [1.807, 2.05) is 25.2 Å². The van der Waals surface area contributed by atoms with Gasteiger partial charge in [-0.3, -0.25) is 14.4 Å². The lowest BCUT2D eigenvalue weighted by Gasteiger charge is -2.41. The molecule has 0 radical (unpaired) electrons. The number of aryl methyl sites for hydroxylation is 1. The minimum absolute atomic E-state index is 0.0705. The van der Waals surface area contributed by atoms with Crippen LogP contribution in [0, 0.1) is 0 Å². The first kappa shape index (κ1) is 29.5. The van der Waals surface area contributed by atoms with Gasteiger partial charge in [-0.05, 0) is 37.1 Å². The third-order valence-electron chi connectivity index (χ3n) is 8.10. The minimum Gasteiger partial charge on any atom is -0.433 e. The second-order valence-electron chi connectivity index (χ2n) is 10.8. The Balaban J connectivity index is 1.29. The topological polar surface area (TPSA) is 110 Å². The monoisotopic (exact) mass is 604 g/mol. The number of hydrogen-bond acceptors (Lipinski definition) is 9. The van der Waals surface area contributed by atoms with Crippen LogP contribution in [0.5, 0.6) is 5.75 Å². The van der Waals surface area contributed by atoms with E-state index < -0.39 is 12.5 Å². The normalized spacial score (nSPS) is 16.3. The van der Waals surface area contributed by atoms with E-state index in [1.165, 1.54) is 12.4 Å². The molecule has 4 aromatic rings. The molecular formula is C31H34F2N8O3. The van der Waals surface area contributed by atoms with Crippen LogP contribution < -0.4 is 20.3 Å². The summed E-state index contributed by atoms with van der Waals surface area (Å²) in [5.74, 6) is -0.127. The number of carbonyl (C=O) groups excluding carboxylic acids is 1. The Morgan fingerprint density at radius 1 is 1.09 bits per heavy atom. The van der Waals surface area contributed by atoms with Gasteiger partial charge in [0.15, 0.2) is 5.75 Å². The molecule has 2 aromatic heterocycles. The number of piperidine rings is 1. The lowest BCUT2D eigenvalue weighted by atomic mass is 10.0. The number of benzene rings is 2. The molecule has 2 fully saturated rings. The van der Waals surface area contributed by atoms with E-state index in [1.54, 1.807) is 29.1 Å². The van der Waals surface area contributed by atoms with E-state index in [0.717, 1.165) is 55.6 Å². The van der Waals surface area contributed by atoms with Crippen LogP contribution in [0.3, 0.4) is 0 Å². The molecule has 11 nitrogen and oxygen atoms in total. The standard InChI is InChI=1S/C31H34F2N8O3/c1-3-30(42)38-24-15-25(37-29-16-23(34-19-35-29)20-4-5-26-21(14-20)18-36-39(26)2)28(44-31(32)33)17-27(24)41-8-6-22(7-9-41)40-10-12-43-13-11-40/h3-5,14-19,22,31H,1,6-13H2,2H3,(H,38,42)(H,34,35,37). The van der Waals surface area contributed by atoms with Gasteiger partial charge in [-0.25, -0.2) is 9.97 Å². The molecule has 2 saturated heterocycles. The molecule has 230 valence electrons. The van der Waals surface area contributed by atoms with Crippen molar-refractivity contribution in [3.8, 4) is 17.0 Å². The van der Waals surface area contributed by atoms with Crippen molar-refractivity contribution in [2.75, 3.05) is 54.9 Å². The molecule has 2 N–H and O–H groups in total. The fourth-order valence-electron chi connectivity index (χ4n) is 5.86. The Kier molecular flexibility index (Phi) is 8.66. The van der Waals surface area contributed by atoms with Gasteiger partial charge in [0.1, 0.15) is 12.1 Å². The van der Waals surface area contributed by atoms with E-state index in [-0.39, 0.29) is 11.4 Å². The van der Waals surface area contributed by atoms with Crippen LogP contribution in [0.25, 0.3) is 22.2 Å². The summed E-state index contributed by atoms with van der Waals surface area (Å²) in [6, 6.07) is 11.1. The Bertz CT molecular complexity index is 1650. The molecule has 13 heteroatoms. The molecule has 44 heavy (non-hydrogen) atoms. The van der Waals surface area contributed by atoms with Crippen molar-refractivity contribution in [2.24, 2.45) is 7.05 Å². The van der Waals surface area contributed by atoms with Crippen LogP contribution >= 0.6 is 0 Å². The number of morpholine rings is 1. The van der Waals surface area contributed by atoms with Gasteiger partial charge < -0.3 is 25.0 Å². The molecule has 2 aliphatic rings. The highest BCUT2D eigenvalue weighted by molar-refractivity contribution is 6.02. The number of aromatic nitrogens is 4. The summed E-state index contributed by atoms with van der Waals surface area (Å²) in [7, 11) is 1.87. The third-order valence-corrected chi connectivity index (χ3v) is 8.10. The zero-order chi connectivity index (χ0) is 30.6. The van der Waals surface area contributed by atoms with E-state index in [9.17, 15) is 13.6 Å². The Labute approximate surface area is 253 Å². The zero-order valence-corrected chi connectivity index (χ0v) is 24.4. The minimum atomic E-state index is -3.06. The van der Waals surface area contributed by atoms with Crippen LogP contribution in [-0.4, -0.2) is 82.6 Å². The van der Waals surface area contributed by atoms with Crippen molar-refractivity contribution >= 4 is 39.7 Å². The maximum absolute atomic E-state index is 13.7. The first-order chi connectivity index (χ1) is 21.4. The van der Waals surface area contributed by atoms with Crippen LogP contribution in [0.4, 0.5) is 31.7 Å². The first-order valence-electron chi connectivity index (χ1n) is 14.5. The number of carbonyl (C=O) groups is 1. The molecule has 4 heterocycles. The van der Waals surface area contributed by atoms with Gasteiger partial charge in [0.25, 0.3) is 0 Å². The number of nitrogens with zero attached hydrogens (tertiary/aromatic N) is 6. The van der Waals surface area contributed by atoms with E-state index in [4.69, 9.17) is 9.47 Å². The lowest BCUT2D eigenvalue weighted by Crippen LogP contribution is -2.49. The SMILES string of the molecule is C=CC(=O)Nc1cc(Nc2cc(-c3ccc4c(cnn4C)c3)ncn2)c(OC(F)F)cc1N1CCC(N2CCOCC2)CC1. The number of hydrogen-bond donors (Lipinski definition) is 2. The lowest BCUT2D eigenvalue weighted by molar-refractivity contribution is -0.111. The average molecular weight is 605 g/mol. The Morgan fingerprint density at radius 3 is 2.64 bits per heavy atom. The highest BCUT2D eigenvalue weighted by Gasteiger charge is 2.28. The molecule has 2 aromatic carbocycles. The molecule has 6 rings (SSSR count). The largest absolute Gasteiger partial charge is 0.433 e. The average Bonchev–Trinajstić information content (AvgIpc) is 3.42. The summed E-state index contributed by atoms with van der Waals surface area (Å²) in [6.45, 7) is 5.15. The molecule has 0 atom stereocenters. The summed E-state index contributed by atoms with van der Waals surface area (Å²) in [4.78, 5) is 25.7. The third kappa shape index (κ3) is 6.48. The molecular weight excluding hydrogens is 570 g/mol. The molecule has 0 bridgehead atoms.